The van der Waals surface area contributed by atoms with Crippen LogP contribution in [0.2, 0.25) is 0 Å². The molecule has 1 aromatic rings. The molecule has 0 bridgehead atoms. The lowest BCUT2D eigenvalue weighted by atomic mass is 10.2. The monoisotopic (exact) mass is 182 g/mol. The summed E-state index contributed by atoms with van der Waals surface area (Å²) in [5, 5.41) is -0.307. The third-order valence-corrected chi connectivity index (χ3v) is 2.27. The third kappa shape index (κ3) is 2.09. The van der Waals surface area contributed by atoms with Crippen molar-refractivity contribution in [1.29, 1.82) is 0 Å². The first-order chi connectivity index (χ1) is 5.61. The van der Waals surface area contributed by atoms with Gasteiger partial charge in [0.15, 0.2) is 0 Å². The summed E-state index contributed by atoms with van der Waals surface area (Å²) in [6.07, 6.45) is 1.39. The third-order valence-electron chi connectivity index (χ3n) is 1.51. The minimum atomic E-state index is -1.41. The van der Waals surface area contributed by atoms with Gasteiger partial charge in [-0.15, -0.1) is 0 Å². The van der Waals surface area contributed by atoms with Crippen molar-refractivity contribution in [2.24, 2.45) is 0 Å². The van der Waals surface area contributed by atoms with Gasteiger partial charge in [0, 0.05) is 11.2 Å². The van der Waals surface area contributed by atoms with Gasteiger partial charge in [-0.2, -0.15) is 0 Å². The van der Waals surface area contributed by atoms with Crippen LogP contribution < -0.4 is 0 Å². The Bertz CT molecular complexity index is 294. The predicted molar refractivity (Wildman–Crippen MR) is 49.6 cm³/mol. The van der Waals surface area contributed by atoms with Crippen LogP contribution in [0.5, 0.6) is 0 Å². The highest BCUT2D eigenvalue weighted by Crippen LogP contribution is 2.07. The van der Waals surface area contributed by atoms with Gasteiger partial charge in [-0.1, -0.05) is 17.7 Å². The molecule has 0 aliphatic heterocycles. The molecule has 0 amide bonds. The van der Waals surface area contributed by atoms with Crippen molar-refractivity contribution in [2.75, 3.05) is 6.26 Å². The summed E-state index contributed by atoms with van der Waals surface area (Å²) in [4.78, 5) is 11.2. The van der Waals surface area contributed by atoms with E-state index in [9.17, 15) is 9.35 Å². The van der Waals surface area contributed by atoms with Gasteiger partial charge in [0.25, 0.3) is 0 Å². The zero-order valence-corrected chi connectivity index (χ0v) is 7.85. The number of hydrogen-bond donors (Lipinski definition) is 0. The summed E-state index contributed by atoms with van der Waals surface area (Å²) in [7, 11) is 0. The molecule has 0 saturated heterocycles. The minimum absolute atomic E-state index is 0.307. The first-order valence-electron chi connectivity index (χ1n) is 3.55. The molecule has 0 heterocycles. The number of benzene rings is 1. The maximum Gasteiger partial charge on any atom is 0.359 e. The molecule has 0 saturated carbocycles. The van der Waals surface area contributed by atoms with E-state index in [4.69, 9.17) is 0 Å². The van der Waals surface area contributed by atoms with Crippen LogP contribution in [0.3, 0.4) is 0 Å². The molecule has 3 heteroatoms. The van der Waals surface area contributed by atoms with E-state index >= 15 is 0 Å². The van der Waals surface area contributed by atoms with Crippen molar-refractivity contribution in [2.45, 2.75) is 6.92 Å². The van der Waals surface area contributed by atoms with Crippen LogP contribution >= 0.6 is 0 Å². The lowest BCUT2D eigenvalue weighted by Gasteiger charge is -2.02. The normalized spacial score (nSPS) is 12.6. The SMILES string of the molecule is Cc1cccc(C(=O)[S+](C)[O-])c1. The quantitative estimate of drug-likeness (QED) is 0.618. The van der Waals surface area contributed by atoms with Gasteiger partial charge in [0.1, 0.15) is 6.26 Å². The second-order valence-corrected chi connectivity index (χ2v) is 3.89. The predicted octanol–water partition coefficient (Wildman–Crippen LogP) is 1.51. The van der Waals surface area contributed by atoms with Gasteiger partial charge in [0.05, 0.1) is 5.56 Å². The van der Waals surface area contributed by atoms with Gasteiger partial charge in [0.2, 0.25) is 0 Å². The Balaban J connectivity index is 2.96. The van der Waals surface area contributed by atoms with Crippen LogP contribution in [0.15, 0.2) is 24.3 Å². The fourth-order valence-electron chi connectivity index (χ4n) is 0.938. The molecule has 1 aromatic carbocycles. The molecule has 0 aromatic heterocycles. The van der Waals surface area contributed by atoms with Gasteiger partial charge in [-0.3, -0.25) is 0 Å². The van der Waals surface area contributed by atoms with E-state index in [2.05, 4.69) is 0 Å². The Labute approximate surface area is 74.8 Å². The van der Waals surface area contributed by atoms with Gasteiger partial charge in [-0.05, 0) is 19.1 Å². The molecule has 0 N–H and O–H groups in total. The van der Waals surface area contributed by atoms with Crippen LogP contribution in [0.4, 0.5) is 0 Å². The lowest BCUT2D eigenvalue weighted by molar-refractivity contribution is 0.107. The van der Waals surface area contributed by atoms with Gasteiger partial charge >= 0.3 is 5.12 Å². The number of aryl methyl sites for hydroxylation is 1. The molecule has 1 unspecified atom stereocenters. The molecular formula is C9H10O2S. The second-order valence-electron chi connectivity index (χ2n) is 2.61. The first-order valence-corrected chi connectivity index (χ1v) is 5.11. The van der Waals surface area contributed by atoms with E-state index in [1.165, 1.54) is 6.26 Å². The topological polar surface area (TPSA) is 40.1 Å². The molecule has 0 fully saturated rings. The van der Waals surface area contributed by atoms with Crippen LogP contribution in [0, 0.1) is 6.92 Å². The minimum Gasteiger partial charge on any atom is -0.609 e. The van der Waals surface area contributed by atoms with E-state index in [0.29, 0.717) is 5.56 Å². The summed E-state index contributed by atoms with van der Waals surface area (Å²) < 4.78 is 10.8. The van der Waals surface area contributed by atoms with E-state index in [1.54, 1.807) is 18.2 Å². The van der Waals surface area contributed by atoms with E-state index < -0.39 is 11.2 Å². The molecule has 12 heavy (non-hydrogen) atoms. The van der Waals surface area contributed by atoms with Gasteiger partial charge in [-0.25, -0.2) is 4.79 Å². The van der Waals surface area contributed by atoms with Crippen molar-refractivity contribution in [3.8, 4) is 0 Å². The van der Waals surface area contributed by atoms with Gasteiger partial charge < -0.3 is 4.55 Å². The maximum absolute atomic E-state index is 11.2. The average Bonchev–Trinajstić information content (AvgIpc) is 2.03. The first kappa shape index (κ1) is 9.29. The smallest absolute Gasteiger partial charge is 0.359 e. The number of carbonyl (C=O) groups excluding carboxylic acids is 1. The van der Waals surface area contributed by atoms with Crippen molar-refractivity contribution in [1.82, 2.24) is 0 Å². The van der Waals surface area contributed by atoms with Crippen LogP contribution in [0.1, 0.15) is 15.9 Å². The lowest BCUT2D eigenvalue weighted by Crippen LogP contribution is -2.12. The number of carbonyl (C=O) groups is 1. The maximum atomic E-state index is 11.2. The fraction of sp³-hybridized carbons (Fsp3) is 0.222. The summed E-state index contributed by atoms with van der Waals surface area (Å²) >= 11 is -1.41. The Morgan fingerprint density at radius 3 is 2.67 bits per heavy atom. The summed E-state index contributed by atoms with van der Waals surface area (Å²) in [6.45, 7) is 1.90. The summed E-state index contributed by atoms with van der Waals surface area (Å²) in [5.41, 5.74) is 1.53. The Kier molecular flexibility index (Phi) is 2.89. The molecular weight excluding hydrogens is 172 g/mol. The highest BCUT2D eigenvalue weighted by molar-refractivity contribution is 8.06. The highest BCUT2D eigenvalue weighted by Gasteiger charge is 2.15. The van der Waals surface area contributed by atoms with E-state index in [-0.39, 0.29) is 5.12 Å². The standard InChI is InChI=1S/C9H10O2S/c1-7-4-3-5-8(6-7)9(10)12(2)11/h3-6H,1-2H3. The average molecular weight is 182 g/mol. The molecule has 2 nitrogen and oxygen atoms in total. The summed E-state index contributed by atoms with van der Waals surface area (Å²) in [5.74, 6) is 0. The Morgan fingerprint density at radius 2 is 2.17 bits per heavy atom. The van der Waals surface area contributed by atoms with Crippen LogP contribution in [-0.4, -0.2) is 15.9 Å². The van der Waals surface area contributed by atoms with E-state index in [1.807, 2.05) is 13.0 Å². The number of hydrogen-bond acceptors (Lipinski definition) is 2. The zero-order valence-electron chi connectivity index (χ0n) is 7.03. The zero-order chi connectivity index (χ0) is 9.14. The fourth-order valence-corrected chi connectivity index (χ4v) is 1.40. The van der Waals surface area contributed by atoms with Crippen molar-refractivity contribution in [3.05, 3.63) is 35.4 Å². The molecule has 0 aliphatic rings. The van der Waals surface area contributed by atoms with Crippen molar-refractivity contribution < 1.29 is 9.35 Å². The van der Waals surface area contributed by atoms with Crippen LogP contribution in [-0.2, 0) is 11.2 Å². The molecule has 0 spiro atoms. The molecule has 1 rings (SSSR count). The highest BCUT2D eigenvalue weighted by atomic mass is 32.2. The Hall–Kier alpha value is -0.800. The molecule has 1 atom stereocenters. The molecule has 0 radical (unpaired) electrons. The van der Waals surface area contributed by atoms with E-state index in [0.717, 1.165) is 5.56 Å². The van der Waals surface area contributed by atoms with Crippen LogP contribution in [0.25, 0.3) is 0 Å². The Morgan fingerprint density at radius 1 is 1.50 bits per heavy atom. The molecule has 64 valence electrons. The largest absolute Gasteiger partial charge is 0.609 e. The molecule has 0 aliphatic carbocycles. The van der Waals surface area contributed by atoms with Crippen molar-refractivity contribution in [3.63, 3.8) is 0 Å². The second kappa shape index (κ2) is 3.74. The van der Waals surface area contributed by atoms with Crippen molar-refractivity contribution >= 4 is 16.3 Å². The summed E-state index contributed by atoms with van der Waals surface area (Å²) in [6, 6.07) is 7.10. The number of rotatable bonds is 1.